The molecule has 0 unspecified atom stereocenters. The molecule has 4 nitrogen and oxygen atoms in total. The summed E-state index contributed by atoms with van der Waals surface area (Å²) in [4.78, 5) is 0. The molecule has 2 atom stereocenters. The van der Waals surface area contributed by atoms with Gasteiger partial charge in [-0.1, -0.05) is 39.2 Å². The van der Waals surface area contributed by atoms with Gasteiger partial charge in [0.25, 0.3) is 0 Å². The quantitative estimate of drug-likeness (QED) is 0.264. The Hall–Kier alpha value is -0.138. The van der Waals surface area contributed by atoms with E-state index in [0.29, 0.717) is 14.0 Å². The Bertz CT molecular complexity index is 306. The second kappa shape index (κ2) is 8.34. The van der Waals surface area contributed by atoms with Gasteiger partial charge >= 0.3 is 0 Å². The highest BCUT2D eigenvalue weighted by atomic mass is 28.4. The predicted molar refractivity (Wildman–Crippen MR) is 91.4 cm³/mol. The maximum absolute atomic E-state index is 10.2. The molecule has 0 saturated carbocycles. The lowest BCUT2D eigenvalue weighted by molar-refractivity contribution is 0.129. The fourth-order valence-electron chi connectivity index (χ4n) is 1.81. The third-order valence-electron chi connectivity index (χ3n) is 4.37. The number of hydrogen-bond donors (Lipinski definition) is 3. The molecule has 0 radical (unpaired) electrons. The Kier molecular flexibility index (Phi) is 8.28. The molecule has 0 spiro atoms. The van der Waals surface area contributed by atoms with E-state index in [-0.39, 0.29) is 11.0 Å². The van der Waals surface area contributed by atoms with Crippen LogP contribution in [-0.4, -0.2) is 33.5 Å². The van der Waals surface area contributed by atoms with Crippen molar-refractivity contribution in [1.82, 2.24) is 5.34 Å². The van der Waals surface area contributed by atoms with E-state index in [1.165, 1.54) is 0 Å². The molecule has 0 heterocycles. The minimum Gasteiger partial charge on any atom is -0.417 e. The molecule has 0 aliphatic heterocycles. The maximum Gasteiger partial charge on any atom is 0.219 e. The molecule has 0 aromatic heterocycles. The smallest absolute Gasteiger partial charge is 0.219 e. The summed E-state index contributed by atoms with van der Waals surface area (Å²) in [5.74, 6) is 5.48. The number of nitrogens with one attached hydrogen (secondary N) is 1. The molecule has 20 heavy (non-hydrogen) atoms. The lowest BCUT2D eigenvalue weighted by Gasteiger charge is -2.36. The van der Waals surface area contributed by atoms with Crippen molar-refractivity contribution in [1.29, 1.82) is 0 Å². The molecule has 0 aromatic carbocycles. The Morgan fingerprint density at radius 3 is 2.40 bits per heavy atom. The molecule has 6 heteroatoms. The van der Waals surface area contributed by atoms with Gasteiger partial charge in [-0.2, -0.15) is 0 Å². The van der Waals surface area contributed by atoms with Crippen LogP contribution in [0, 0.1) is 5.92 Å². The van der Waals surface area contributed by atoms with Crippen LogP contribution in [0.2, 0.25) is 24.5 Å². The van der Waals surface area contributed by atoms with Crippen LogP contribution in [0.25, 0.3) is 0 Å². The third kappa shape index (κ3) is 6.54. The van der Waals surface area contributed by atoms with Crippen LogP contribution in [0.1, 0.15) is 34.1 Å². The number of hydrogen-bond acceptors (Lipinski definition) is 4. The molecular weight excluding hydrogens is 267 g/mol. The monoisotopic (exact) mass is 300 g/mol. The highest BCUT2D eigenvalue weighted by Crippen LogP contribution is 2.36. The largest absolute Gasteiger partial charge is 0.417 e. The second-order valence-corrected chi connectivity index (χ2v) is 12.0. The predicted octanol–water partition coefficient (Wildman–Crippen LogP) is 2.18. The van der Waals surface area contributed by atoms with Crippen molar-refractivity contribution in [3.8, 4) is 0 Å². The molecule has 0 saturated heterocycles. The first-order chi connectivity index (χ1) is 9.03. The minimum atomic E-state index is -1.71. The standard InChI is InChI=1S/C14H33BN2O2Si/c1-11(2)13(18)12(10-15-17-16)8-9-19-20(6,7)14(3,4)5/h12-13,15,17-18H,1,8-10,16H2,2-7H3/t12-,13+/m1/s1. The van der Waals surface area contributed by atoms with E-state index in [9.17, 15) is 5.11 Å². The maximum atomic E-state index is 10.2. The Labute approximate surface area is 126 Å². The fourth-order valence-corrected chi connectivity index (χ4v) is 2.87. The molecule has 0 amide bonds. The van der Waals surface area contributed by atoms with Gasteiger partial charge in [0.15, 0.2) is 8.32 Å². The van der Waals surface area contributed by atoms with Gasteiger partial charge in [0, 0.05) is 6.61 Å². The Morgan fingerprint density at radius 1 is 1.45 bits per heavy atom. The van der Waals surface area contributed by atoms with E-state index in [2.05, 4.69) is 45.8 Å². The molecule has 118 valence electrons. The molecular formula is C14H33BN2O2Si. The van der Waals surface area contributed by atoms with E-state index >= 15 is 0 Å². The zero-order chi connectivity index (χ0) is 16.0. The van der Waals surface area contributed by atoms with Gasteiger partial charge in [-0.3, -0.25) is 5.84 Å². The van der Waals surface area contributed by atoms with Gasteiger partial charge in [0.1, 0.15) is 0 Å². The summed E-state index contributed by atoms with van der Waals surface area (Å²) in [7, 11) is -1.02. The first kappa shape index (κ1) is 19.9. The van der Waals surface area contributed by atoms with E-state index in [0.717, 1.165) is 18.3 Å². The number of hydrazine groups is 1. The molecule has 4 N–H and O–H groups in total. The van der Waals surface area contributed by atoms with Crippen molar-refractivity contribution < 1.29 is 9.53 Å². The lowest BCUT2D eigenvalue weighted by Crippen LogP contribution is -2.41. The van der Waals surface area contributed by atoms with Crippen molar-refractivity contribution >= 4 is 15.7 Å². The average molecular weight is 300 g/mol. The average Bonchev–Trinajstić information content (AvgIpc) is 2.30. The van der Waals surface area contributed by atoms with Crippen LogP contribution in [-0.2, 0) is 4.43 Å². The highest BCUT2D eigenvalue weighted by molar-refractivity contribution is 6.74. The SMILES string of the molecule is C=C(C)[C@H](O)[C@@H](CBNN)CCO[Si](C)(C)C(C)(C)C. The summed E-state index contributed by atoms with van der Waals surface area (Å²) >= 11 is 0. The third-order valence-corrected chi connectivity index (χ3v) is 8.91. The van der Waals surface area contributed by atoms with Crippen LogP contribution in [0.3, 0.4) is 0 Å². The van der Waals surface area contributed by atoms with Crippen LogP contribution < -0.4 is 11.2 Å². The molecule has 0 aliphatic rings. The van der Waals surface area contributed by atoms with Gasteiger partial charge < -0.3 is 14.9 Å². The number of aliphatic hydroxyl groups is 1. The first-order valence-corrected chi connectivity index (χ1v) is 10.3. The normalized spacial score (nSPS) is 15.8. The minimum absolute atomic E-state index is 0.147. The molecule has 0 fully saturated rings. The summed E-state index contributed by atoms with van der Waals surface area (Å²) in [5.41, 5.74) is 0.805. The van der Waals surface area contributed by atoms with Gasteiger partial charge in [-0.05, 0) is 37.4 Å². The fraction of sp³-hybridized carbons (Fsp3) is 0.857. The zero-order valence-corrected chi connectivity index (χ0v) is 15.1. The number of rotatable bonds is 9. The van der Waals surface area contributed by atoms with Gasteiger partial charge in [-0.15, -0.1) is 0 Å². The number of nitrogens with two attached hydrogens (primary N) is 1. The molecule has 0 rings (SSSR count). The van der Waals surface area contributed by atoms with E-state index in [4.69, 9.17) is 10.3 Å². The van der Waals surface area contributed by atoms with E-state index in [1.807, 2.05) is 6.92 Å². The first-order valence-electron chi connectivity index (χ1n) is 7.44. The van der Waals surface area contributed by atoms with Gasteiger partial charge in [-0.25, -0.2) is 0 Å². The number of aliphatic hydroxyl groups excluding tert-OH is 1. The van der Waals surface area contributed by atoms with E-state index < -0.39 is 14.4 Å². The van der Waals surface area contributed by atoms with Gasteiger partial charge in [0.2, 0.25) is 7.41 Å². The van der Waals surface area contributed by atoms with Crippen LogP contribution >= 0.6 is 0 Å². The van der Waals surface area contributed by atoms with Crippen LogP contribution in [0.4, 0.5) is 0 Å². The summed E-state index contributed by atoms with van der Waals surface area (Å²) in [6, 6.07) is 0. The van der Waals surface area contributed by atoms with Gasteiger partial charge in [0.05, 0.1) is 6.10 Å². The highest BCUT2D eigenvalue weighted by Gasteiger charge is 2.37. The zero-order valence-electron chi connectivity index (χ0n) is 14.1. The van der Waals surface area contributed by atoms with Crippen molar-refractivity contribution in [2.75, 3.05) is 6.61 Å². The summed E-state index contributed by atoms with van der Waals surface area (Å²) in [6.07, 6.45) is 1.18. The second-order valence-electron chi connectivity index (χ2n) is 7.19. The Balaban J connectivity index is 4.44. The molecule has 0 bridgehead atoms. The molecule has 0 aromatic rings. The lowest BCUT2D eigenvalue weighted by atomic mass is 9.76. The summed E-state index contributed by atoms with van der Waals surface area (Å²) in [5, 5.41) is 13.1. The summed E-state index contributed by atoms with van der Waals surface area (Å²) < 4.78 is 6.18. The van der Waals surface area contributed by atoms with Crippen molar-refractivity contribution in [2.24, 2.45) is 11.8 Å². The topological polar surface area (TPSA) is 67.5 Å². The Morgan fingerprint density at radius 2 is 2.00 bits per heavy atom. The van der Waals surface area contributed by atoms with Crippen molar-refractivity contribution in [2.45, 2.75) is 64.7 Å². The van der Waals surface area contributed by atoms with E-state index in [1.54, 1.807) is 0 Å². The van der Waals surface area contributed by atoms with Crippen molar-refractivity contribution in [3.05, 3.63) is 12.2 Å². The summed E-state index contributed by atoms with van der Waals surface area (Å²) in [6.45, 7) is 17.6. The van der Waals surface area contributed by atoms with Crippen LogP contribution in [0.15, 0.2) is 12.2 Å². The molecule has 0 aliphatic carbocycles. The van der Waals surface area contributed by atoms with Crippen LogP contribution in [0.5, 0.6) is 0 Å². The van der Waals surface area contributed by atoms with Crippen molar-refractivity contribution in [3.63, 3.8) is 0 Å².